The van der Waals surface area contributed by atoms with Crippen LogP contribution in [0.3, 0.4) is 0 Å². The molecule has 2 amide bonds. The van der Waals surface area contributed by atoms with Gasteiger partial charge in [0.15, 0.2) is 0 Å². The third-order valence-corrected chi connectivity index (χ3v) is 5.57. The summed E-state index contributed by atoms with van der Waals surface area (Å²) in [5.41, 5.74) is 16.0. The number of carbonyl (C=O) groups excluding carboxylic acids is 2. The van der Waals surface area contributed by atoms with Gasteiger partial charge in [-0.15, -0.1) is 0 Å². The Morgan fingerprint density at radius 3 is 1.86 bits per heavy atom. The summed E-state index contributed by atoms with van der Waals surface area (Å²) in [5.74, 6) is -0.843. The zero-order valence-corrected chi connectivity index (χ0v) is 13.5. The van der Waals surface area contributed by atoms with Crippen LogP contribution in [0.1, 0.15) is 70.6 Å². The van der Waals surface area contributed by atoms with Gasteiger partial charge in [-0.1, -0.05) is 44.9 Å². The average molecular weight is 310 g/mol. The minimum atomic E-state index is -1.07. The molecule has 0 aromatic rings. The van der Waals surface area contributed by atoms with E-state index in [0.29, 0.717) is 19.3 Å². The monoisotopic (exact) mass is 310 g/mol. The van der Waals surface area contributed by atoms with Crippen molar-refractivity contribution in [3.8, 4) is 0 Å². The predicted octanol–water partition coefficient (Wildman–Crippen LogP) is 1.09. The molecule has 0 radical (unpaired) electrons. The van der Waals surface area contributed by atoms with E-state index in [0.717, 1.165) is 51.5 Å². The summed E-state index contributed by atoms with van der Waals surface area (Å²) in [7, 11) is 0. The molecule has 1 heterocycles. The van der Waals surface area contributed by atoms with Crippen LogP contribution in [-0.2, 0) is 9.59 Å². The van der Waals surface area contributed by atoms with E-state index in [-0.39, 0.29) is 5.91 Å². The van der Waals surface area contributed by atoms with E-state index >= 15 is 0 Å². The van der Waals surface area contributed by atoms with E-state index in [9.17, 15) is 9.59 Å². The summed E-state index contributed by atoms with van der Waals surface area (Å²) in [6, 6.07) is 0. The second-order valence-corrected chi connectivity index (χ2v) is 6.85. The number of amides is 2. The summed E-state index contributed by atoms with van der Waals surface area (Å²) in [6.07, 6.45) is 9.98. The minimum absolute atomic E-state index is 0.386. The lowest BCUT2D eigenvalue weighted by atomic mass is 9.60. The first-order valence-electron chi connectivity index (χ1n) is 8.65. The summed E-state index contributed by atoms with van der Waals surface area (Å²) >= 11 is 0. The highest BCUT2D eigenvalue weighted by Gasteiger charge is 2.58. The molecule has 22 heavy (non-hydrogen) atoms. The minimum Gasteiger partial charge on any atom is -0.369 e. The molecule has 1 aliphatic heterocycles. The van der Waals surface area contributed by atoms with Crippen LogP contribution < -0.4 is 22.3 Å². The fourth-order valence-corrected chi connectivity index (χ4v) is 4.23. The smallest absolute Gasteiger partial charge is 0.240 e. The topological polar surface area (TPSA) is 110 Å². The first-order chi connectivity index (χ1) is 10.6. The molecular weight excluding hydrogens is 280 g/mol. The van der Waals surface area contributed by atoms with Gasteiger partial charge in [0, 0.05) is 6.54 Å². The summed E-state index contributed by atoms with van der Waals surface area (Å²) < 4.78 is 0. The van der Waals surface area contributed by atoms with E-state index in [1.807, 2.05) is 0 Å². The normalized spacial score (nSPS) is 30.4. The van der Waals surface area contributed by atoms with E-state index in [2.05, 4.69) is 10.9 Å². The van der Waals surface area contributed by atoms with Crippen LogP contribution in [0.25, 0.3) is 0 Å². The van der Waals surface area contributed by atoms with E-state index < -0.39 is 16.9 Å². The molecule has 1 saturated heterocycles. The maximum atomic E-state index is 12.5. The number of hydrogen-bond acceptors (Lipinski definition) is 4. The number of nitrogens with two attached hydrogens (primary N) is 2. The molecule has 2 aliphatic rings. The third-order valence-electron chi connectivity index (χ3n) is 5.57. The maximum Gasteiger partial charge on any atom is 0.240 e. The quantitative estimate of drug-likeness (QED) is 0.625. The van der Waals surface area contributed by atoms with Crippen LogP contribution >= 0.6 is 0 Å². The van der Waals surface area contributed by atoms with Gasteiger partial charge in [-0.25, -0.2) is 5.43 Å². The highest BCUT2D eigenvalue weighted by atomic mass is 16.2. The van der Waals surface area contributed by atoms with Gasteiger partial charge in [0.2, 0.25) is 11.8 Å². The fourth-order valence-electron chi connectivity index (χ4n) is 4.23. The molecule has 2 rings (SSSR count). The van der Waals surface area contributed by atoms with Gasteiger partial charge in [0.1, 0.15) is 5.54 Å². The molecule has 0 aromatic heterocycles. The van der Waals surface area contributed by atoms with Crippen LogP contribution in [0.15, 0.2) is 0 Å². The van der Waals surface area contributed by atoms with Crippen molar-refractivity contribution in [1.29, 1.82) is 0 Å². The Balaban J connectivity index is 2.42. The summed E-state index contributed by atoms with van der Waals surface area (Å²) in [5, 5.41) is 0. The van der Waals surface area contributed by atoms with E-state index in [1.165, 1.54) is 6.42 Å². The highest BCUT2D eigenvalue weighted by molar-refractivity contribution is 5.95. The molecule has 6 nitrogen and oxygen atoms in total. The van der Waals surface area contributed by atoms with Crippen molar-refractivity contribution in [1.82, 2.24) is 10.9 Å². The van der Waals surface area contributed by atoms with Gasteiger partial charge in [0.05, 0.1) is 5.41 Å². The number of hydrazine groups is 1. The molecule has 1 unspecified atom stereocenters. The Bertz CT molecular complexity index is 357. The lowest BCUT2D eigenvalue weighted by molar-refractivity contribution is -0.147. The van der Waals surface area contributed by atoms with E-state index in [4.69, 9.17) is 11.5 Å². The van der Waals surface area contributed by atoms with Crippen molar-refractivity contribution in [2.24, 2.45) is 16.9 Å². The Kier molecular flexibility index (Phi) is 5.81. The van der Waals surface area contributed by atoms with E-state index in [1.54, 1.807) is 0 Å². The molecule has 0 bridgehead atoms. The molecule has 6 heteroatoms. The predicted molar refractivity (Wildman–Crippen MR) is 85.5 cm³/mol. The van der Waals surface area contributed by atoms with Crippen LogP contribution in [-0.4, -0.2) is 23.9 Å². The van der Waals surface area contributed by atoms with Gasteiger partial charge >= 0.3 is 0 Å². The first-order valence-corrected chi connectivity index (χ1v) is 8.65. The summed E-state index contributed by atoms with van der Waals surface area (Å²) in [4.78, 5) is 25.0. The van der Waals surface area contributed by atoms with Crippen LogP contribution in [0, 0.1) is 5.41 Å². The van der Waals surface area contributed by atoms with Crippen molar-refractivity contribution in [3.05, 3.63) is 0 Å². The van der Waals surface area contributed by atoms with Crippen LogP contribution in [0.2, 0.25) is 0 Å². The molecule has 0 spiro atoms. The van der Waals surface area contributed by atoms with Crippen molar-refractivity contribution < 1.29 is 9.59 Å². The molecular formula is C16H30N4O2. The highest BCUT2D eigenvalue weighted by Crippen LogP contribution is 2.45. The zero-order valence-electron chi connectivity index (χ0n) is 13.5. The Labute approximate surface area is 132 Å². The number of hydrogen-bond donors (Lipinski definition) is 4. The molecule has 6 N–H and O–H groups in total. The van der Waals surface area contributed by atoms with Crippen molar-refractivity contribution in [2.75, 3.05) is 6.54 Å². The van der Waals surface area contributed by atoms with Crippen molar-refractivity contribution in [3.63, 3.8) is 0 Å². The summed E-state index contributed by atoms with van der Waals surface area (Å²) in [6.45, 7) is 0.768. The maximum absolute atomic E-state index is 12.5. The molecule has 0 aromatic carbocycles. The number of nitrogens with one attached hydrogen (secondary N) is 2. The second kappa shape index (κ2) is 7.42. The molecule has 1 saturated carbocycles. The largest absolute Gasteiger partial charge is 0.369 e. The van der Waals surface area contributed by atoms with Crippen molar-refractivity contribution >= 4 is 11.8 Å². The Morgan fingerprint density at radius 2 is 1.27 bits per heavy atom. The average Bonchev–Trinajstić information content (AvgIpc) is 2.39. The second-order valence-electron chi connectivity index (χ2n) is 6.85. The molecule has 1 atom stereocenters. The van der Waals surface area contributed by atoms with Crippen LogP contribution in [0.4, 0.5) is 0 Å². The van der Waals surface area contributed by atoms with Crippen LogP contribution in [0.5, 0.6) is 0 Å². The fraction of sp³-hybridized carbons (Fsp3) is 0.875. The van der Waals surface area contributed by atoms with Gasteiger partial charge in [-0.3, -0.25) is 15.0 Å². The number of primary amides is 2. The third kappa shape index (κ3) is 3.13. The molecule has 2 fully saturated rings. The number of rotatable bonds is 3. The van der Waals surface area contributed by atoms with Gasteiger partial charge in [-0.05, 0) is 25.7 Å². The van der Waals surface area contributed by atoms with Gasteiger partial charge in [-0.2, -0.15) is 0 Å². The molecule has 1 aliphatic carbocycles. The lowest BCUT2D eigenvalue weighted by Gasteiger charge is -2.49. The first kappa shape index (κ1) is 17.2. The van der Waals surface area contributed by atoms with Gasteiger partial charge in [0.25, 0.3) is 0 Å². The lowest BCUT2D eigenvalue weighted by Crippen LogP contribution is -2.72. The Morgan fingerprint density at radius 1 is 0.727 bits per heavy atom. The van der Waals surface area contributed by atoms with Gasteiger partial charge < -0.3 is 11.5 Å². The van der Waals surface area contributed by atoms with Crippen molar-refractivity contribution in [2.45, 2.75) is 76.2 Å². The zero-order chi connectivity index (χ0) is 16.1. The standard InChI is InChI=1S/C16H30N4O2/c17-13(21)15(9-5-2-1-3-6-10-15)16(14(18)22)11-7-4-8-12-19-20-16/h19-20H,1-12H2,(H2,17,21)(H2,18,22). The number of carbonyl (C=O) groups is 2. The SMILES string of the molecule is NC(=O)C1(C2(C(N)=O)CCCCCNN2)CCCCCCC1. The Hall–Kier alpha value is -1.14. The molecule has 126 valence electrons.